The average molecular weight is 337 g/mol. The molecule has 2 bridgehead atoms. The second kappa shape index (κ2) is 5.52. The van der Waals surface area contributed by atoms with Gasteiger partial charge < -0.3 is 10.2 Å². The maximum absolute atomic E-state index is 12.5. The van der Waals surface area contributed by atoms with Crippen LogP contribution in [0.15, 0.2) is 46.8 Å². The monoisotopic (exact) mass is 337 g/mol. The number of allylic oxidation sites excluding steroid dienone is 2. The molecule has 1 N–H and O–H groups in total. The number of anilines is 1. The van der Waals surface area contributed by atoms with E-state index in [0.29, 0.717) is 11.8 Å². The second-order valence-electron chi connectivity index (χ2n) is 6.89. The molecule has 1 saturated carbocycles. The fourth-order valence-electron chi connectivity index (χ4n) is 4.19. The van der Waals surface area contributed by atoms with Gasteiger partial charge in [-0.15, -0.1) is 0 Å². The predicted octanol–water partition coefficient (Wildman–Crippen LogP) is 3.55. The van der Waals surface area contributed by atoms with Crippen molar-refractivity contribution in [1.82, 2.24) is 4.90 Å². The maximum atomic E-state index is 12.5. The molecule has 0 radical (unpaired) electrons. The number of amides is 1. The summed E-state index contributed by atoms with van der Waals surface area (Å²) in [5.74, 6) is 1.39. The molecule has 2 aliphatic heterocycles. The molecule has 2 heterocycles. The number of nitrogens with zero attached hydrogens (tertiary/aromatic N) is 2. The molecule has 0 spiro atoms. The molecule has 122 valence electrons. The van der Waals surface area contributed by atoms with Crippen LogP contribution in [0.4, 0.5) is 5.69 Å². The van der Waals surface area contributed by atoms with Crippen molar-refractivity contribution in [2.45, 2.75) is 12.8 Å². The third kappa shape index (κ3) is 2.30. The molecule has 3 atom stereocenters. The molecule has 2 aliphatic carbocycles. The molecule has 5 heteroatoms. The zero-order valence-electron chi connectivity index (χ0n) is 13.3. The quantitative estimate of drug-likeness (QED) is 0.858. The summed E-state index contributed by atoms with van der Waals surface area (Å²) < 4.78 is 0. The molecule has 1 aromatic carbocycles. The molecule has 24 heavy (non-hydrogen) atoms. The number of rotatable bonds is 3. The first kappa shape index (κ1) is 14.3. The van der Waals surface area contributed by atoms with Crippen molar-refractivity contribution < 1.29 is 4.79 Å². The van der Waals surface area contributed by atoms with E-state index in [1.807, 2.05) is 12.1 Å². The number of amidine groups is 1. The summed E-state index contributed by atoms with van der Waals surface area (Å²) in [6.45, 7) is 1.84. The van der Waals surface area contributed by atoms with Gasteiger partial charge in [-0.1, -0.05) is 36.0 Å². The zero-order valence-corrected chi connectivity index (χ0v) is 14.1. The van der Waals surface area contributed by atoms with Gasteiger partial charge in [0.2, 0.25) is 5.91 Å². The Kier molecular flexibility index (Phi) is 3.30. The van der Waals surface area contributed by atoms with E-state index >= 15 is 0 Å². The Balaban J connectivity index is 1.28. The van der Waals surface area contributed by atoms with E-state index in [-0.39, 0.29) is 11.8 Å². The van der Waals surface area contributed by atoms with Crippen LogP contribution in [0.2, 0.25) is 0 Å². The van der Waals surface area contributed by atoms with Crippen LogP contribution in [0.3, 0.4) is 0 Å². The molecule has 1 aromatic rings. The molecule has 4 aliphatic rings. The lowest BCUT2D eigenvalue weighted by Crippen LogP contribution is -2.25. The van der Waals surface area contributed by atoms with Crippen molar-refractivity contribution in [2.24, 2.45) is 22.7 Å². The normalized spacial score (nSPS) is 29.7. The smallest absolute Gasteiger partial charge is 0.228 e. The first-order valence-corrected chi connectivity index (χ1v) is 9.44. The van der Waals surface area contributed by atoms with E-state index in [1.54, 1.807) is 11.8 Å². The lowest BCUT2D eigenvalue weighted by atomic mass is 9.93. The number of aliphatic imine (C=N–C) groups is 1. The highest BCUT2D eigenvalue weighted by molar-refractivity contribution is 8.16. The summed E-state index contributed by atoms with van der Waals surface area (Å²) in [5.41, 5.74) is 3.28. The van der Waals surface area contributed by atoms with Gasteiger partial charge in [0.15, 0.2) is 5.17 Å². The maximum Gasteiger partial charge on any atom is 0.228 e. The van der Waals surface area contributed by atoms with E-state index in [0.717, 1.165) is 36.8 Å². The minimum absolute atomic E-state index is 0.150. The van der Waals surface area contributed by atoms with Crippen molar-refractivity contribution in [2.75, 3.05) is 18.4 Å². The Labute approximate surface area is 145 Å². The molecule has 4 nitrogen and oxygen atoms in total. The van der Waals surface area contributed by atoms with Crippen molar-refractivity contribution >= 4 is 34.2 Å². The fraction of sp³-hybridized carbons (Fsp3) is 0.368. The Morgan fingerprint density at radius 2 is 2.08 bits per heavy atom. The topological polar surface area (TPSA) is 44.7 Å². The standard InChI is InChI=1S/C19H19N3OS/c23-18(16-10-12-1-2-14(16)9-12)21-15-5-3-13(4-6-15)17-11-24-19-20-7-8-22(17)19/h1-6,11-12,14,16H,7-10H2,(H,21,23). The van der Waals surface area contributed by atoms with E-state index < -0.39 is 0 Å². The van der Waals surface area contributed by atoms with Crippen molar-refractivity contribution in [3.05, 3.63) is 47.4 Å². The minimum atomic E-state index is 0.150. The van der Waals surface area contributed by atoms with Crippen LogP contribution in [0, 0.1) is 17.8 Å². The number of carbonyl (C=O) groups excluding carboxylic acids is 1. The predicted molar refractivity (Wildman–Crippen MR) is 98.5 cm³/mol. The van der Waals surface area contributed by atoms with Crippen LogP contribution in [0.1, 0.15) is 18.4 Å². The third-order valence-electron chi connectivity index (χ3n) is 5.43. The Morgan fingerprint density at radius 3 is 2.83 bits per heavy atom. The molecular weight excluding hydrogens is 318 g/mol. The third-order valence-corrected chi connectivity index (χ3v) is 6.33. The summed E-state index contributed by atoms with van der Waals surface area (Å²) >= 11 is 1.69. The Bertz CT molecular complexity index is 780. The first-order chi connectivity index (χ1) is 11.8. The zero-order chi connectivity index (χ0) is 16.1. The fourth-order valence-corrected chi connectivity index (χ4v) is 5.15. The molecule has 1 amide bonds. The minimum Gasteiger partial charge on any atom is -0.326 e. The van der Waals surface area contributed by atoms with E-state index in [9.17, 15) is 4.79 Å². The first-order valence-electron chi connectivity index (χ1n) is 8.56. The Hall–Kier alpha value is -2.01. The van der Waals surface area contributed by atoms with Gasteiger partial charge >= 0.3 is 0 Å². The number of benzene rings is 1. The van der Waals surface area contributed by atoms with Gasteiger partial charge in [0, 0.05) is 23.6 Å². The lowest BCUT2D eigenvalue weighted by molar-refractivity contribution is -0.120. The van der Waals surface area contributed by atoms with Gasteiger partial charge in [-0.25, -0.2) is 0 Å². The van der Waals surface area contributed by atoms with Gasteiger partial charge in [0.05, 0.1) is 12.2 Å². The average Bonchev–Trinajstić information content (AvgIpc) is 3.36. The van der Waals surface area contributed by atoms with Crippen molar-refractivity contribution in [1.29, 1.82) is 0 Å². The van der Waals surface area contributed by atoms with Crippen LogP contribution in [-0.4, -0.2) is 29.1 Å². The highest BCUT2D eigenvalue weighted by atomic mass is 32.2. The number of carbonyl (C=O) groups is 1. The van der Waals surface area contributed by atoms with Crippen LogP contribution in [0.5, 0.6) is 0 Å². The highest BCUT2D eigenvalue weighted by Gasteiger charge is 2.39. The van der Waals surface area contributed by atoms with Gasteiger partial charge in [-0.05, 0) is 42.4 Å². The number of nitrogens with one attached hydrogen (secondary N) is 1. The van der Waals surface area contributed by atoms with Gasteiger partial charge in [-0.3, -0.25) is 9.79 Å². The van der Waals surface area contributed by atoms with E-state index in [1.165, 1.54) is 11.3 Å². The second-order valence-corrected chi connectivity index (χ2v) is 7.73. The highest BCUT2D eigenvalue weighted by Crippen LogP contribution is 2.43. The largest absolute Gasteiger partial charge is 0.326 e. The summed E-state index contributed by atoms with van der Waals surface area (Å²) in [4.78, 5) is 19.3. The Morgan fingerprint density at radius 1 is 1.21 bits per heavy atom. The van der Waals surface area contributed by atoms with E-state index in [2.05, 4.69) is 44.9 Å². The number of fused-ring (bicyclic) bond motifs is 3. The van der Waals surface area contributed by atoms with Crippen LogP contribution >= 0.6 is 11.8 Å². The van der Waals surface area contributed by atoms with Gasteiger partial charge in [0.25, 0.3) is 0 Å². The van der Waals surface area contributed by atoms with Crippen LogP contribution < -0.4 is 5.32 Å². The molecule has 0 saturated heterocycles. The molecule has 0 aromatic heterocycles. The summed E-state index contributed by atoms with van der Waals surface area (Å²) in [5, 5.41) is 6.36. The summed E-state index contributed by atoms with van der Waals surface area (Å²) in [6, 6.07) is 8.19. The summed E-state index contributed by atoms with van der Waals surface area (Å²) in [6.07, 6.45) is 6.66. The molecule has 1 fully saturated rings. The van der Waals surface area contributed by atoms with Crippen molar-refractivity contribution in [3.8, 4) is 0 Å². The molecular formula is C19H19N3OS. The van der Waals surface area contributed by atoms with Crippen LogP contribution in [-0.2, 0) is 4.79 Å². The number of thioether (sulfide) groups is 1. The number of hydrogen-bond donors (Lipinski definition) is 1. The SMILES string of the molecule is O=C(Nc1ccc(C2=CSC3=NCCN23)cc1)C1CC2C=CC1C2. The summed E-state index contributed by atoms with van der Waals surface area (Å²) in [7, 11) is 0. The lowest BCUT2D eigenvalue weighted by Gasteiger charge is -2.19. The van der Waals surface area contributed by atoms with Gasteiger partial charge in [0.1, 0.15) is 0 Å². The van der Waals surface area contributed by atoms with E-state index in [4.69, 9.17) is 0 Å². The van der Waals surface area contributed by atoms with Crippen molar-refractivity contribution in [3.63, 3.8) is 0 Å². The number of hydrogen-bond acceptors (Lipinski definition) is 4. The van der Waals surface area contributed by atoms with Crippen LogP contribution in [0.25, 0.3) is 5.70 Å². The molecule has 3 unspecified atom stereocenters. The van der Waals surface area contributed by atoms with Gasteiger partial charge in [-0.2, -0.15) is 0 Å². The molecule has 5 rings (SSSR count).